The SMILES string of the molecule is Cc1cc(N)nc(S[C@@H](C)C(N)=O)n1. The number of amides is 1. The van der Waals surface area contributed by atoms with E-state index in [-0.39, 0.29) is 5.25 Å². The second-order valence-corrected chi connectivity index (χ2v) is 4.19. The molecule has 1 aromatic heterocycles. The molecule has 14 heavy (non-hydrogen) atoms. The molecule has 1 rings (SSSR count). The van der Waals surface area contributed by atoms with Gasteiger partial charge in [0, 0.05) is 11.8 Å². The predicted molar refractivity (Wildman–Crippen MR) is 55.7 cm³/mol. The van der Waals surface area contributed by atoms with Crippen LogP contribution in [-0.4, -0.2) is 21.1 Å². The Labute approximate surface area is 86.3 Å². The Hall–Kier alpha value is -1.30. The fourth-order valence-electron chi connectivity index (χ4n) is 0.834. The Balaban J connectivity index is 2.81. The Bertz CT molecular complexity index is 335. The van der Waals surface area contributed by atoms with Gasteiger partial charge < -0.3 is 11.5 Å². The van der Waals surface area contributed by atoms with Crippen LogP contribution in [0.2, 0.25) is 0 Å². The standard InChI is InChI=1S/C8H12N4OS/c1-4-3-6(9)12-8(11-4)14-5(2)7(10)13/h3,5H,1-2H3,(H2,10,13)(H2,9,11,12)/t5-/m0/s1. The summed E-state index contributed by atoms with van der Waals surface area (Å²) in [5.41, 5.74) is 11.4. The summed E-state index contributed by atoms with van der Waals surface area (Å²) < 4.78 is 0. The molecule has 0 aliphatic rings. The maximum Gasteiger partial charge on any atom is 0.230 e. The molecule has 0 saturated heterocycles. The second kappa shape index (κ2) is 4.28. The van der Waals surface area contributed by atoms with E-state index in [1.54, 1.807) is 13.0 Å². The molecule has 0 saturated carbocycles. The van der Waals surface area contributed by atoms with Crippen molar-refractivity contribution in [3.63, 3.8) is 0 Å². The third-order valence-electron chi connectivity index (χ3n) is 1.54. The zero-order valence-corrected chi connectivity index (χ0v) is 8.84. The van der Waals surface area contributed by atoms with E-state index < -0.39 is 5.91 Å². The lowest BCUT2D eigenvalue weighted by atomic mass is 10.4. The molecule has 0 bridgehead atoms. The van der Waals surface area contributed by atoms with E-state index in [9.17, 15) is 4.79 Å². The van der Waals surface area contributed by atoms with Gasteiger partial charge in [0.15, 0.2) is 5.16 Å². The Morgan fingerprint density at radius 2 is 2.21 bits per heavy atom. The molecule has 0 fully saturated rings. The number of carbonyl (C=O) groups excluding carboxylic acids is 1. The number of nitrogen functional groups attached to an aromatic ring is 1. The molecule has 1 amide bonds. The number of aromatic nitrogens is 2. The molecule has 5 nitrogen and oxygen atoms in total. The molecule has 4 N–H and O–H groups in total. The summed E-state index contributed by atoms with van der Waals surface area (Å²) in [4.78, 5) is 18.9. The number of thioether (sulfide) groups is 1. The zero-order valence-electron chi connectivity index (χ0n) is 8.02. The van der Waals surface area contributed by atoms with Crippen LogP contribution < -0.4 is 11.5 Å². The number of rotatable bonds is 3. The fourth-order valence-corrected chi connectivity index (χ4v) is 1.62. The van der Waals surface area contributed by atoms with Crippen LogP contribution in [0.15, 0.2) is 11.2 Å². The minimum absolute atomic E-state index is 0.351. The monoisotopic (exact) mass is 212 g/mol. The molecular weight excluding hydrogens is 200 g/mol. The number of anilines is 1. The summed E-state index contributed by atoms with van der Waals surface area (Å²) in [5, 5.41) is 0.130. The van der Waals surface area contributed by atoms with Crippen molar-refractivity contribution < 1.29 is 4.79 Å². The molecule has 6 heteroatoms. The second-order valence-electron chi connectivity index (χ2n) is 2.88. The number of carbonyl (C=O) groups is 1. The smallest absolute Gasteiger partial charge is 0.230 e. The van der Waals surface area contributed by atoms with Gasteiger partial charge in [-0.15, -0.1) is 0 Å². The molecule has 0 aliphatic carbocycles. The summed E-state index contributed by atoms with van der Waals surface area (Å²) in [6, 6.07) is 1.67. The Morgan fingerprint density at radius 3 is 2.71 bits per heavy atom. The maximum absolute atomic E-state index is 10.8. The summed E-state index contributed by atoms with van der Waals surface area (Å²) in [7, 11) is 0. The highest BCUT2D eigenvalue weighted by atomic mass is 32.2. The first-order valence-electron chi connectivity index (χ1n) is 4.06. The van der Waals surface area contributed by atoms with Crippen molar-refractivity contribution in [3.8, 4) is 0 Å². The highest BCUT2D eigenvalue weighted by Gasteiger charge is 2.12. The van der Waals surface area contributed by atoms with Gasteiger partial charge in [0.05, 0.1) is 5.25 Å². The van der Waals surface area contributed by atoms with Crippen LogP contribution in [0, 0.1) is 6.92 Å². The van der Waals surface area contributed by atoms with E-state index in [2.05, 4.69) is 9.97 Å². The van der Waals surface area contributed by atoms with Crippen LogP contribution in [-0.2, 0) is 4.79 Å². The van der Waals surface area contributed by atoms with Crippen molar-refractivity contribution >= 4 is 23.5 Å². The predicted octanol–water partition coefficient (Wildman–Crippen LogP) is 0.333. The van der Waals surface area contributed by atoms with E-state index in [0.29, 0.717) is 11.0 Å². The highest BCUT2D eigenvalue weighted by Crippen LogP contribution is 2.19. The zero-order chi connectivity index (χ0) is 10.7. The first-order chi connectivity index (χ1) is 6.49. The van der Waals surface area contributed by atoms with E-state index in [1.807, 2.05) is 6.92 Å². The van der Waals surface area contributed by atoms with E-state index in [1.165, 1.54) is 11.8 Å². The number of primary amides is 1. The topological polar surface area (TPSA) is 94.9 Å². The minimum Gasteiger partial charge on any atom is -0.384 e. The van der Waals surface area contributed by atoms with E-state index >= 15 is 0 Å². The number of nitrogens with zero attached hydrogens (tertiary/aromatic N) is 2. The molecule has 1 aromatic rings. The van der Waals surface area contributed by atoms with Crippen molar-refractivity contribution in [2.75, 3.05) is 5.73 Å². The lowest BCUT2D eigenvalue weighted by Crippen LogP contribution is -2.22. The van der Waals surface area contributed by atoms with Crippen LogP contribution in [0.5, 0.6) is 0 Å². The van der Waals surface area contributed by atoms with Gasteiger partial charge in [-0.3, -0.25) is 4.79 Å². The van der Waals surface area contributed by atoms with Crippen molar-refractivity contribution in [1.29, 1.82) is 0 Å². The largest absolute Gasteiger partial charge is 0.384 e. The number of nitrogens with two attached hydrogens (primary N) is 2. The van der Waals surface area contributed by atoms with E-state index in [4.69, 9.17) is 11.5 Å². The summed E-state index contributed by atoms with van der Waals surface area (Å²) in [6.07, 6.45) is 0. The lowest BCUT2D eigenvalue weighted by molar-refractivity contribution is -0.117. The number of hydrogen-bond acceptors (Lipinski definition) is 5. The first kappa shape index (κ1) is 10.8. The number of aryl methyl sites for hydroxylation is 1. The molecule has 0 unspecified atom stereocenters. The van der Waals surface area contributed by atoms with Gasteiger partial charge in [-0.1, -0.05) is 11.8 Å². The highest BCUT2D eigenvalue weighted by molar-refractivity contribution is 8.00. The van der Waals surface area contributed by atoms with Crippen LogP contribution in [0.1, 0.15) is 12.6 Å². The van der Waals surface area contributed by atoms with Gasteiger partial charge in [0.25, 0.3) is 0 Å². The molecule has 1 atom stereocenters. The van der Waals surface area contributed by atoms with Crippen molar-refractivity contribution in [1.82, 2.24) is 9.97 Å². The average molecular weight is 212 g/mol. The Kier molecular flexibility index (Phi) is 3.29. The molecule has 0 aliphatic heterocycles. The van der Waals surface area contributed by atoms with Gasteiger partial charge in [0.1, 0.15) is 5.82 Å². The lowest BCUT2D eigenvalue weighted by Gasteiger charge is -2.06. The van der Waals surface area contributed by atoms with Crippen molar-refractivity contribution in [2.24, 2.45) is 5.73 Å². The average Bonchev–Trinajstić information content (AvgIpc) is 2.01. The quantitative estimate of drug-likeness (QED) is 0.556. The van der Waals surface area contributed by atoms with Gasteiger partial charge >= 0.3 is 0 Å². The van der Waals surface area contributed by atoms with E-state index in [0.717, 1.165) is 5.69 Å². The van der Waals surface area contributed by atoms with Gasteiger partial charge in [-0.05, 0) is 13.8 Å². The molecule has 0 radical (unpaired) electrons. The number of hydrogen-bond donors (Lipinski definition) is 2. The third kappa shape index (κ3) is 2.88. The molecular formula is C8H12N4OS. The third-order valence-corrected chi connectivity index (χ3v) is 2.52. The van der Waals surface area contributed by atoms with Crippen LogP contribution in [0.25, 0.3) is 0 Å². The summed E-state index contributed by atoms with van der Waals surface area (Å²) >= 11 is 1.20. The maximum atomic E-state index is 10.8. The van der Waals surface area contributed by atoms with Gasteiger partial charge in [0.2, 0.25) is 5.91 Å². The normalized spacial score (nSPS) is 12.4. The first-order valence-corrected chi connectivity index (χ1v) is 4.94. The fraction of sp³-hybridized carbons (Fsp3) is 0.375. The van der Waals surface area contributed by atoms with Crippen molar-refractivity contribution in [3.05, 3.63) is 11.8 Å². The Morgan fingerprint density at radius 1 is 1.57 bits per heavy atom. The minimum atomic E-state index is -0.390. The summed E-state index contributed by atoms with van der Waals surface area (Å²) in [6.45, 7) is 3.52. The van der Waals surface area contributed by atoms with Gasteiger partial charge in [-0.25, -0.2) is 9.97 Å². The van der Waals surface area contributed by atoms with Crippen LogP contribution >= 0.6 is 11.8 Å². The molecule has 0 aromatic carbocycles. The van der Waals surface area contributed by atoms with Crippen LogP contribution in [0.3, 0.4) is 0 Å². The molecule has 76 valence electrons. The van der Waals surface area contributed by atoms with Crippen molar-refractivity contribution in [2.45, 2.75) is 24.3 Å². The summed E-state index contributed by atoms with van der Waals surface area (Å²) in [5.74, 6) is 0.00958. The van der Waals surface area contributed by atoms with Crippen LogP contribution in [0.4, 0.5) is 5.82 Å². The molecule has 0 spiro atoms. The molecule has 1 heterocycles. The van der Waals surface area contributed by atoms with Gasteiger partial charge in [-0.2, -0.15) is 0 Å².